The molecule has 0 aromatic heterocycles. The second-order valence-corrected chi connectivity index (χ2v) is 10.3. The molecule has 172 valence electrons. The molecule has 0 aromatic rings. The number of morpholine rings is 1. The summed E-state index contributed by atoms with van der Waals surface area (Å²) in [5.74, 6) is -0.0427. The number of nitrogens with zero attached hydrogens (tertiary/aromatic N) is 2. The van der Waals surface area contributed by atoms with E-state index in [0.29, 0.717) is 32.7 Å². The first-order chi connectivity index (χ1) is 14.1. The van der Waals surface area contributed by atoms with Crippen LogP contribution in [0.4, 0.5) is 4.79 Å². The predicted molar refractivity (Wildman–Crippen MR) is 113 cm³/mol. The van der Waals surface area contributed by atoms with Crippen LogP contribution < -0.4 is 5.32 Å². The van der Waals surface area contributed by atoms with Gasteiger partial charge in [0.25, 0.3) is 0 Å². The molecular weight excluding hydrogens is 386 g/mol. The van der Waals surface area contributed by atoms with Crippen LogP contribution in [-0.2, 0) is 14.3 Å². The van der Waals surface area contributed by atoms with Crippen molar-refractivity contribution in [1.82, 2.24) is 15.1 Å². The maximum Gasteiger partial charge on any atom is 0.410 e. The van der Waals surface area contributed by atoms with Gasteiger partial charge in [0, 0.05) is 31.1 Å². The molecule has 0 aromatic carbocycles. The number of hydrogen-bond acceptors (Lipinski definition) is 6. The molecule has 8 nitrogen and oxygen atoms in total. The van der Waals surface area contributed by atoms with Crippen LogP contribution in [0.25, 0.3) is 0 Å². The van der Waals surface area contributed by atoms with E-state index >= 15 is 0 Å². The molecule has 2 saturated heterocycles. The molecule has 1 aliphatic carbocycles. The lowest BCUT2D eigenvalue weighted by molar-refractivity contribution is -0.123. The minimum atomic E-state index is -0.594. The summed E-state index contributed by atoms with van der Waals surface area (Å²) in [5, 5.41) is 13.9. The quantitative estimate of drug-likeness (QED) is 0.713. The highest BCUT2D eigenvalue weighted by molar-refractivity contribution is 5.78. The van der Waals surface area contributed by atoms with Crippen molar-refractivity contribution in [3.63, 3.8) is 0 Å². The normalized spacial score (nSPS) is 33.0. The number of carbonyl (C=O) groups is 2. The molecule has 3 fully saturated rings. The van der Waals surface area contributed by atoms with Gasteiger partial charge in [0.15, 0.2) is 0 Å². The van der Waals surface area contributed by atoms with Crippen molar-refractivity contribution in [2.45, 2.75) is 83.6 Å². The van der Waals surface area contributed by atoms with E-state index in [1.807, 2.05) is 25.7 Å². The van der Waals surface area contributed by atoms with Gasteiger partial charge in [0.2, 0.25) is 5.91 Å². The maximum absolute atomic E-state index is 13.1. The number of likely N-dealkylation sites (tertiary alicyclic amines) is 1. The molecule has 0 radical (unpaired) electrons. The van der Waals surface area contributed by atoms with Crippen molar-refractivity contribution < 1.29 is 24.2 Å². The van der Waals surface area contributed by atoms with Crippen molar-refractivity contribution in [2.24, 2.45) is 5.41 Å². The Balaban J connectivity index is 1.69. The van der Waals surface area contributed by atoms with Crippen LogP contribution in [0.1, 0.15) is 59.8 Å². The molecular formula is C22H39N3O5. The van der Waals surface area contributed by atoms with Gasteiger partial charge in [-0.3, -0.25) is 14.6 Å². The lowest BCUT2D eigenvalue weighted by Crippen LogP contribution is -2.51. The Morgan fingerprint density at radius 3 is 2.53 bits per heavy atom. The molecule has 0 spiro atoms. The second kappa shape index (κ2) is 9.40. The molecule has 2 amide bonds. The molecule has 0 bridgehead atoms. The largest absolute Gasteiger partial charge is 0.444 e. The van der Waals surface area contributed by atoms with Crippen LogP contribution in [0.3, 0.4) is 0 Å². The number of fused-ring (bicyclic) bond motifs is 1. The lowest BCUT2D eigenvalue weighted by Gasteiger charge is -2.38. The first kappa shape index (κ1) is 23.3. The van der Waals surface area contributed by atoms with Gasteiger partial charge in [-0.05, 0) is 40.0 Å². The first-order valence-corrected chi connectivity index (χ1v) is 11.4. The number of aliphatic hydroxyl groups is 1. The van der Waals surface area contributed by atoms with Crippen molar-refractivity contribution in [3.05, 3.63) is 0 Å². The third-order valence-corrected chi connectivity index (χ3v) is 6.74. The zero-order chi connectivity index (χ0) is 21.9. The molecule has 2 N–H and O–H groups in total. The van der Waals surface area contributed by atoms with Crippen LogP contribution in [-0.4, -0.2) is 90.1 Å². The molecule has 1 saturated carbocycles. The highest BCUT2D eigenvalue weighted by atomic mass is 16.6. The van der Waals surface area contributed by atoms with E-state index in [-0.39, 0.29) is 29.5 Å². The number of carbonyl (C=O) groups excluding carboxylic acids is 2. The third-order valence-electron chi connectivity index (χ3n) is 6.74. The van der Waals surface area contributed by atoms with E-state index in [4.69, 9.17) is 9.47 Å². The zero-order valence-electron chi connectivity index (χ0n) is 19.0. The average Bonchev–Trinajstić information content (AvgIpc) is 2.88. The van der Waals surface area contributed by atoms with Crippen LogP contribution in [0.5, 0.6) is 0 Å². The lowest BCUT2D eigenvalue weighted by atomic mass is 9.75. The van der Waals surface area contributed by atoms with Crippen molar-refractivity contribution in [1.29, 1.82) is 0 Å². The fourth-order valence-corrected chi connectivity index (χ4v) is 5.16. The minimum Gasteiger partial charge on any atom is -0.444 e. The monoisotopic (exact) mass is 425 g/mol. The standard InChI is InChI=1S/C22H39N3O5/c1-21(2,3)30-20(28)25-16(13-22(4)17(25)7-5-6-8-18(22)26)14-23-19(27)15-24-9-11-29-12-10-24/h16-18,26H,5-15H2,1-4H3,(H,23,27)/t16-,17-,18+,22-/m1/s1. The van der Waals surface area contributed by atoms with Crippen molar-refractivity contribution in [3.8, 4) is 0 Å². The summed E-state index contributed by atoms with van der Waals surface area (Å²) in [5.41, 5.74) is -0.976. The van der Waals surface area contributed by atoms with Crippen LogP contribution >= 0.6 is 0 Å². The topological polar surface area (TPSA) is 91.3 Å². The number of nitrogens with one attached hydrogen (secondary N) is 1. The van der Waals surface area contributed by atoms with Crippen LogP contribution in [0.2, 0.25) is 0 Å². The van der Waals surface area contributed by atoms with Gasteiger partial charge in [0.05, 0.1) is 31.9 Å². The fourth-order valence-electron chi connectivity index (χ4n) is 5.16. The summed E-state index contributed by atoms with van der Waals surface area (Å²) in [7, 11) is 0. The maximum atomic E-state index is 13.1. The Morgan fingerprint density at radius 2 is 1.87 bits per heavy atom. The summed E-state index contributed by atoms with van der Waals surface area (Å²) < 4.78 is 11.1. The highest BCUT2D eigenvalue weighted by Gasteiger charge is 2.55. The van der Waals surface area contributed by atoms with Gasteiger partial charge in [-0.25, -0.2) is 4.79 Å². The Morgan fingerprint density at radius 1 is 1.20 bits per heavy atom. The van der Waals surface area contributed by atoms with Crippen molar-refractivity contribution in [2.75, 3.05) is 39.4 Å². The molecule has 4 atom stereocenters. The summed E-state index contributed by atoms with van der Waals surface area (Å²) in [6.45, 7) is 11.2. The fraction of sp³-hybridized carbons (Fsp3) is 0.909. The summed E-state index contributed by atoms with van der Waals surface area (Å²) in [6.07, 6.45) is 3.41. The van der Waals surface area contributed by atoms with Crippen LogP contribution in [0.15, 0.2) is 0 Å². The Hall–Kier alpha value is -1.38. The summed E-state index contributed by atoms with van der Waals surface area (Å²) >= 11 is 0. The smallest absolute Gasteiger partial charge is 0.410 e. The van der Waals surface area contributed by atoms with Crippen molar-refractivity contribution >= 4 is 12.0 Å². The van der Waals surface area contributed by atoms with E-state index in [9.17, 15) is 14.7 Å². The molecule has 3 aliphatic rings. The van der Waals surface area contributed by atoms with E-state index in [2.05, 4.69) is 17.1 Å². The Kier molecular flexibility index (Phi) is 7.30. The second-order valence-electron chi connectivity index (χ2n) is 10.3. The Bertz CT molecular complexity index is 616. The number of amides is 2. The first-order valence-electron chi connectivity index (χ1n) is 11.4. The molecule has 8 heteroatoms. The van der Waals surface area contributed by atoms with Gasteiger partial charge >= 0.3 is 6.09 Å². The SMILES string of the molecule is CC(C)(C)OC(=O)N1[C@@H](CNC(=O)CN2CCOCC2)C[C@@]2(C)[C@@H](O)CCCC[C@@H]12. The van der Waals surface area contributed by atoms with Gasteiger partial charge in [-0.15, -0.1) is 0 Å². The van der Waals surface area contributed by atoms with Gasteiger partial charge < -0.3 is 19.9 Å². The molecule has 0 unspecified atom stereocenters. The average molecular weight is 426 g/mol. The number of hydrogen-bond donors (Lipinski definition) is 2. The highest BCUT2D eigenvalue weighted by Crippen LogP contribution is 2.48. The van der Waals surface area contributed by atoms with E-state index in [1.54, 1.807) is 0 Å². The van der Waals surface area contributed by atoms with Gasteiger partial charge in [-0.2, -0.15) is 0 Å². The van der Waals surface area contributed by atoms with E-state index in [0.717, 1.165) is 38.8 Å². The third kappa shape index (κ3) is 5.45. The minimum absolute atomic E-state index is 0.0427. The molecule has 3 rings (SSSR count). The number of ether oxygens (including phenoxy) is 2. The number of aliphatic hydroxyl groups excluding tert-OH is 1. The summed E-state index contributed by atoms with van der Waals surface area (Å²) in [6, 6.07) is -0.262. The molecule has 2 heterocycles. The van der Waals surface area contributed by atoms with E-state index < -0.39 is 11.7 Å². The molecule has 30 heavy (non-hydrogen) atoms. The van der Waals surface area contributed by atoms with Gasteiger partial charge in [-0.1, -0.05) is 19.8 Å². The number of rotatable bonds is 4. The van der Waals surface area contributed by atoms with Gasteiger partial charge in [0.1, 0.15) is 5.60 Å². The zero-order valence-corrected chi connectivity index (χ0v) is 19.0. The van der Waals surface area contributed by atoms with E-state index in [1.165, 1.54) is 0 Å². The molecule has 2 aliphatic heterocycles. The van der Waals surface area contributed by atoms with Crippen LogP contribution in [0, 0.1) is 5.41 Å². The predicted octanol–water partition coefficient (Wildman–Crippen LogP) is 1.75. The Labute approximate surface area is 180 Å². The summed E-state index contributed by atoms with van der Waals surface area (Å²) in [4.78, 5) is 29.5.